The number of hydrogen-bond acceptors (Lipinski definition) is 4. The van der Waals surface area contributed by atoms with Crippen LogP contribution in [0.5, 0.6) is 17.2 Å². The van der Waals surface area contributed by atoms with Crippen molar-refractivity contribution in [3.63, 3.8) is 0 Å². The molecule has 0 aliphatic carbocycles. The van der Waals surface area contributed by atoms with Crippen molar-refractivity contribution in [2.24, 2.45) is 0 Å². The van der Waals surface area contributed by atoms with E-state index in [-0.39, 0.29) is 18.1 Å². The molecule has 1 aliphatic heterocycles. The van der Waals surface area contributed by atoms with Crippen molar-refractivity contribution in [3.8, 4) is 17.2 Å². The van der Waals surface area contributed by atoms with Crippen molar-refractivity contribution in [2.75, 3.05) is 13.7 Å². The van der Waals surface area contributed by atoms with Gasteiger partial charge in [0.15, 0.2) is 0 Å². The monoisotopic (exact) mass is 417 g/mol. The Morgan fingerprint density at radius 3 is 2.16 bits per heavy atom. The zero-order valence-electron chi connectivity index (χ0n) is 18.1. The molecule has 1 amide bonds. The van der Waals surface area contributed by atoms with Crippen LogP contribution in [0.3, 0.4) is 0 Å². The van der Waals surface area contributed by atoms with Crippen molar-refractivity contribution < 1.29 is 19.0 Å². The maximum absolute atomic E-state index is 13.1. The van der Waals surface area contributed by atoms with Gasteiger partial charge < -0.3 is 19.1 Å². The molecule has 0 radical (unpaired) electrons. The molecule has 0 N–H and O–H groups in total. The molecule has 1 unspecified atom stereocenters. The Hall–Kier alpha value is -3.47. The summed E-state index contributed by atoms with van der Waals surface area (Å²) < 4.78 is 17.1. The van der Waals surface area contributed by atoms with Crippen LogP contribution in [-0.2, 0) is 6.54 Å². The van der Waals surface area contributed by atoms with E-state index in [4.69, 9.17) is 14.2 Å². The van der Waals surface area contributed by atoms with E-state index in [2.05, 4.69) is 0 Å². The second kappa shape index (κ2) is 9.13. The summed E-state index contributed by atoms with van der Waals surface area (Å²) in [6.45, 7) is 4.91. The van der Waals surface area contributed by atoms with Crippen LogP contribution in [-0.4, -0.2) is 30.6 Å². The molecule has 0 saturated heterocycles. The van der Waals surface area contributed by atoms with E-state index in [0.29, 0.717) is 13.2 Å². The third kappa shape index (κ3) is 4.66. The van der Waals surface area contributed by atoms with Crippen LogP contribution in [0.25, 0.3) is 0 Å². The van der Waals surface area contributed by atoms with Gasteiger partial charge in [-0.1, -0.05) is 30.3 Å². The van der Waals surface area contributed by atoms with Crippen molar-refractivity contribution in [2.45, 2.75) is 32.5 Å². The van der Waals surface area contributed by atoms with Crippen molar-refractivity contribution in [1.29, 1.82) is 0 Å². The summed E-state index contributed by atoms with van der Waals surface area (Å²) in [6.07, 6.45) is 0.106. The summed E-state index contributed by atoms with van der Waals surface area (Å²) in [6, 6.07) is 22.9. The third-order valence-corrected chi connectivity index (χ3v) is 5.33. The molecule has 5 nitrogen and oxygen atoms in total. The topological polar surface area (TPSA) is 48.0 Å². The lowest BCUT2D eigenvalue weighted by Gasteiger charge is -2.28. The first-order valence-corrected chi connectivity index (χ1v) is 10.5. The molecule has 160 valence electrons. The predicted molar refractivity (Wildman–Crippen MR) is 120 cm³/mol. The molecule has 5 heteroatoms. The fourth-order valence-corrected chi connectivity index (χ4v) is 3.78. The Morgan fingerprint density at radius 2 is 1.52 bits per heavy atom. The minimum absolute atomic E-state index is 0.0291. The average Bonchev–Trinajstić information content (AvgIpc) is 3.11. The normalized spacial score (nSPS) is 13.8. The van der Waals surface area contributed by atoms with Gasteiger partial charge >= 0.3 is 0 Å². The van der Waals surface area contributed by atoms with Crippen LogP contribution < -0.4 is 14.2 Å². The Labute approximate surface area is 183 Å². The van der Waals surface area contributed by atoms with Crippen molar-refractivity contribution in [1.82, 2.24) is 4.90 Å². The maximum atomic E-state index is 13.1. The Morgan fingerprint density at radius 1 is 0.871 bits per heavy atom. The molecule has 3 aromatic carbocycles. The summed E-state index contributed by atoms with van der Waals surface area (Å²) in [4.78, 5) is 15.0. The number of nitrogens with zero attached hydrogens (tertiary/aromatic N) is 1. The second-order valence-electron chi connectivity index (χ2n) is 7.83. The van der Waals surface area contributed by atoms with Gasteiger partial charge in [-0.25, -0.2) is 0 Å². The molecular weight excluding hydrogens is 390 g/mol. The molecule has 1 atom stereocenters. The lowest BCUT2D eigenvalue weighted by atomic mass is 10.1. The highest BCUT2D eigenvalue weighted by atomic mass is 16.5. The number of fused-ring (bicyclic) bond motifs is 1. The van der Waals surface area contributed by atoms with Gasteiger partial charge in [0, 0.05) is 12.1 Å². The van der Waals surface area contributed by atoms with Gasteiger partial charge in [-0.2, -0.15) is 0 Å². The van der Waals surface area contributed by atoms with Crippen molar-refractivity contribution in [3.05, 3.63) is 89.5 Å². The fourth-order valence-electron chi connectivity index (χ4n) is 3.78. The number of carbonyl (C=O) groups is 1. The smallest absolute Gasteiger partial charge is 0.255 e. The predicted octanol–water partition coefficient (Wildman–Crippen LogP) is 5.26. The third-order valence-electron chi connectivity index (χ3n) is 5.33. The summed E-state index contributed by atoms with van der Waals surface area (Å²) in [5, 5.41) is 0. The van der Waals surface area contributed by atoms with Crippen molar-refractivity contribution >= 4 is 5.91 Å². The van der Waals surface area contributed by atoms with Crippen LogP contribution in [0.15, 0.2) is 72.8 Å². The summed E-state index contributed by atoms with van der Waals surface area (Å²) in [5.74, 6) is 2.34. The molecule has 0 bridgehead atoms. The molecule has 31 heavy (non-hydrogen) atoms. The lowest BCUT2D eigenvalue weighted by molar-refractivity contribution is 0.0635. The standard InChI is InChI=1S/C26H27NO4/c1-18(2)31-23-10-8-19(9-11-23)25(17-30-22-14-12-21(29-3)13-15-22)27-16-20-6-4-5-7-24(20)26(27)28/h4-15,18,25H,16-17H2,1-3H3. The van der Waals surface area contributed by atoms with E-state index >= 15 is 0 Å². The molecule has 1 heterocycles. The number of ether oxygens (including phenoxy) is 3. The Bertz CT molecular complexity index is 1030. The molecular formula is C26H27NO4. The van der Waals surface area contributed by atoms with E-state index in [9.17, 15) is 4.79 Å². The van der Waals surface area contributed by atoms with Crippen LogP contribution in [0.2, 0.25) is 0 Å². The van der Waals surface area contributed by atoms with Gasteiger partial charge in [0.05, 0.1) is 19.3 Å². The van der Waals surface area contributed by atoms with Crippen LogP contribution in [0.1, 0.15) is 41.4 Å². The van der Waals surface area contributed by atoms with Gasteiger partial charge in [0.25, 0.3) is 5.91 Å². The molecule has 0 fully saturated rings. The van der Waals surface area contributed by atoms with Gasteiger partial charge in [-0.3, -0.25) is 4.79 Å². The average molecular weight is 418 g/mol. The molecule has 3 aromatic rings. The SMILES string of the molecule is COc1ccc(OCC(c2ccc(OC(C)C)cc2)N2Cc3ccccc3C2=O)cc1. The molecule has 1 aliphatic rings. The largest absolute Gasteiger partial charge is 0.497 e. The maximum Gasteiger partial charge on any atom is 0.255 e. The molecule has 0 spiro atoms. The van der Waals surface area contributed by atoms with Crippen LogP contribution >= 0.6 is 0 Å². The number of amides is 1. The number of methoxy groups -OCH3 is 1. The summed E-state index contributed by atoms with van der Waals surface area (Å²) >= 11 is 0. The lowest BCUT2D eigenvalue weighted by Crippen LogP contribution is -2.33. The van der Waals surface area contributed by atoms with Gasteiger partial charge in [0.1, 0.15) is 23.9 Å². The second-order valence-corrected chi connectivity index (χ2v) is 7.83. The zero-order chi connectivity index (χ0) is 21.8. The molecule has 0 aromatic heterocycles. The number of carbonyl (C=O) groups excluding carboxylic acids is 1. The highest BCUT2D eigenvalue weighted by Gasteiger charge is 2.33. The van der Waals surface area contributed by atoms with Gasteiger partial charge in [-0.15, -0.1) is 0 Å². The summed E-state index contributed by atoms with van der Waals surface area (Å²) in [5.41, 5.74) is 2.81. The highest BCUT2D eigenvalue weighted by Crippen LogP contribution is 2.33. The number of hydrogen-bond donors (Lipinski definition) is 0. The minimum Gasteiger partial charge on any atom is -0.497 e. The van der Waals surface area contributed by atoms with E-state index in [1.807, 2.05) is 91.5 Å². The quantitative estimate of drug-likeness (QED) is 0.502. The number of benzene rings is 3. The summed E-state index contributed by atoms with van der Waals surface area (Å²) in [7, 11) is 1.63. The van der Waals surface area contributed by atoms with Gasteiger partial charge in [-0.05, 0) is 67.4 Å². The highest BCUT2D eigenvalue weighted by molar-refractivity contribution is 5.98. The molecule has 4 rings (SSSR count). The first kappa shape index (κ1) is 20.8. The van der Waals surface area contributed by atoms with E-state index < -0.39 is 0 Å². The van der Waals surface area contributed by atoms with E-state index in [0.717, 1.165) is 33.9 Å². The zero-order valence-corrected chi connectivity index (χ0v) is 18.1. The minimum atomic E-state index is -0.227. The Kier molecular flexibility index (Phi) is 6.12. The van der Waals surface area contributed by atoms with Crippen LogP contribution in [0, 0.1) is 0 Å². The first-order valence-electron chi connectivity index (χ1n) is 10.5. The first-order chi connectivity index (χ1) is 15.0. The fraction of sp³-hybridized carbons (Fsp3) is 0.269. The number of rotatable bonds is 8. The van der Waals surface area contributed by atoms with Crippen LogP contribution in [0.4, 0.5) is 0 Å². The van der Waals surface area contributed by atoms with E-state index in [1.165, 1.54) is 0 Å². The molecule has 0 saturated carbocycles. The van der Waals surface area contributed by atoms with E-state index in [1.54, 1.807) is 7.11 Å². The Balaban J connectivity index is 1.58. The van der Waals surface area contributed by atoms with Gasteiger partial charge in [0.2, 0.25) is 0 Å².